The van der Waals surface area contributed by atoms with E-state index in [9.17, 15) is 17.6 Å². The van der Waals surface area contributed by atoms with Crippen molar-refractivity contribution in [3.05, 3.63) is 76.2 Å². The molecular formula is C25H28FN3O4S2. The Morgan fingerprint density at radius 2 is 1.94 bits per heavy atom. The van der Waals surface area contributed by atoms with Gasteiger partial charge >= 0.3 is 0 Å². The number of thiophene rings is 1. The Hall–Kier alpha value is -2.95. The lowest BCUT2D eigenvalue weighted by Crippen LogP contribution is -2.37. The molecule has 1 saturated heterocycles. The molecule has 1 aromatic heterocycles. The molecule has 2 heterocycles. The van der Waals surface area contributed by atoms with Gasteiger partial charge in [0.05, 0.1) is 15.9 Å². The van der Waals surface area contributed by atoms with E-state index in [0.29, 0.717) is 23.7 Å². The van der Waals surface area contributed by atoms with Gasteiger partial charge in [-0.2, -0.15) is 0 Å². The van der Waals surface area contributed by atoms with Gasteiger partial charge in [-0.15, -0.1) is 11.3 Å². The van der Waals surface area contributed by atoms with E-state index in [4.69, 9.17) is 4.74 Å². The molecule has 1 atom stereocenters. The normalized spacial score (nSPS) is 15.7. The minimum absolute atomic E-state index is 0.0260. The first-order valence-corrected chi connectivity index (χ1v) is 13.6. The molecule has 3 aromatic rings. The molecule has 1 amide bonds. The quantitative estimate of drug-likeness (QED) is 0.450. The number of hydrogen-bond acceptors (Lipinski definition) is 6. The maximum Gasteiger partial charge on any atom is 0.264 e. The van der Waals surface area contributed by atoms with Crippen molar-refractivity contribution in [1.29, 1.82) is 0 Å². The fraction of sp³-hybridized carbons (Fsp3) is 0.320. The number of carbonyl (C=O) groups excluding carboxylic acids is 1. The fourth-order valence-corrected chi connectivity index (χ4v) is 5.80. The van der Waals surface area contributed by atoms with E-state index < -0.39 is 15.8 Å². The van der Waals surface area contributed by atoms with Crippen molar-refractivity contribution < 1.29 is 22.3 Å². The summed E-state index contributed by atoms with van der Waals surface area (Å²) in [5.41, 5.74) is 2.01. The number of ether oxygens (including phenoxy) is 1. The minimum Gasteiger partial charge on any atom is -0.377 e. The molecule has 1 N–H and O–H groups in total. The lowest BCUT2D eigenvalue weighted by molar-refractivity contribution is 0.0511. The van der Waals surface area contributed by atoms with Gasteiger partial charge in [-0.25, -0.2) is 12.8 Å². The van der Waals surface area contributed by atoms with Crippen LogP contribution in [0.3, 0.4) is 0 Å². The Bertz CT molecular complexity index is 1260. The molecular weight excluding hydrogens is 489 g/mol. The van der Waals surface area contributed by atoms with E-state index in [2.05, 4.69) is 4.72 Å². The smallest absolute Gasteiger partial charge is 0.264 e. The van der Waals surface area contributed by atoms with E-state index in [-0.39, 0.29) is 23.5 Å². The number of amides is 1. The van der Waals surface area contributed by atoms with Crippen molar-refractivity contribution in [1.82, 2.24) is 4.90 Å². The molecule has 2 aromatic carbocycles. The van der Waals surface area contributed by atoms with E-state index >= 15 is 0 Å². The molecule has 35 heavy (non-hydrogen) atoms. The summed E-state index contributed by atoms with van der Waals surface area (Å²) >= 11 is 1.39. The van der Waals surface area contributed by atoms with Gasteiger partial charge in [-0.05, 0) is 72.3 Å². The lowest BCUT2D eigenvalue weighted by Gasteiger charge is -2.28. The first kappa shape index (κ1) is 25.2. The third kappa shape index (κ3) is 6.19. The summed E-state index contributed by atoms with van der Waals surface area (Å²) in [6.45, 7) is 1.43. The van der Waals surface area contributed by atoms with Crippen LogP contribution in [0.1, 0.15) is 28.1 Å². The summed E-state index contributed by atoms with van der Waals surface area (Å²) < 4.78 is 47.3. The highest BCUT2D eigenvalue weighted by molar-refractivity contribution is 7.92. The van der Waals surface area contributed by atoms with Crippen molar-refractivity contribution in [2.24, 2.45) is 0 Å². The van der Waals surface area contributed by atoms with Gasteiger partial charge in [0.1, 0.15) is 5.82 Å². The van der Waals surface area contributed by atoms with Crippen LogP contribution in [-0.4, -0.2) is 52.6 Å². The molecule has 7 nitrogen and oxygen atoms in total. The average Bonchev–Trinajstić information content (AvgIpc) is 3.53. The third-order valence-electron chi connectivity index (χ3n) is 5.77. The van der Waals surface area contributed by atoms with Crippen LogP contribution in [0.5, 0.6) is 0 Å². The molecule has 0 unspecified atom stereocenters. The number of sulfonamides is 1. The molecule has 1 aliphatic heterocycles. The number of benzene rings is 2. The molecule has 1 fully saturated rings. The highest BCUT2D eigenvalue weighted by Gasteiger charge is 2.25. The van der Waals surface area contributed by atoms with Gasteiger partial charge in [0.25, 0.3) is 15.9 Å². The van der Waals surface area contributed by atoms with Crippen molar-refractivity contribution in [3.63, 3.8) is 0 Å². The highest BCUT2D eigenvalue weighted by atomic mass is 32.2. The first-order chi connectivity index (χ1) is 16.7. The van der Waals surface area contributed by atoms with E-state index in [1.807, 2.05) is 36.5 Å². The summed E-state index contributed by atoms with van der Waals surface area (Å²) in [5, 5.41) is 1.87. The second-order valence-electron chi connectivity index (χ2n) is 8.60. The monoisotopic (exact) mass is 517 g/mol. The van der Waals surface area contributed by atoms with Gasteiger partial charge in [0.15, 0.2) is 0 Å². The first-order valence-electron chi connectivity index (χ1n) is 11.3. The summed E-state index contributed by atoms with van der Waals surface area (Å²) in [7, 11) is -0.117. The Labute approximate surface area is 209 Å². The van der Waals surface area contributed by atoms with Crippen LogP contribution in [0.2, 0.25) is 0 Å². The predicted octanol–water partition coefficient (Wildman–Crippen LogP) is 4.58. The van der Waals surface area contributed by atoms with Gasteiger partial charge in [-0.1, -0.05) is 6.07 Å². The summed E-state index contributed by atoms with van der Waals surface area (Å²) in [6.07, 6.45) is 1.84. The zero-order chi connectivity index (χ0) is 25.0. The molecule has 186 valence electrons. The summed E-state index contributed by atoms with van der Waals surface area (Å²) in [5.74, 6) is -0.596. The maximum absolute atomic E-state index is 13.3. The number of nitrogens with one attached hydrogen (secondary N) is 1. The Kier molecular flexibility index (Phi) is 7.73. The van der Waals surface area contributed by atoms with Gasteiger partial charge < -0.3 is 14.5 Å². The SMILES string of the molecule is CN(C)c1ccc(NS(=O)(=O)c2ccc(F)cc2)cc1CN(C[C@@H]1CCCO1)C(=O)c1cccs1. The van der Waals surface area contributed by atoms with Crippen LogP contribution in [0, 0.1) is 5.82 Å². The number of hydrogen-bond donors (Lipinski definition) is 1. The van der Waals surface area contributed by atoms with Crippen molar-refractivity contribution in [2.45, 2.75) is 30.4 Å². The van der Waals surface area contributed by atoms with Crippen LogP contribution < -0.4 is 9.62 Å². The largest absolute Gasteiger partial charge is 0.377 e. The van der Waals surface area contributed by atoms with Gasteiger partial charge in [-0.3, -0.25) is 9.52 Å². The molecule has 4 rings (SSSR count). The van der Waals surface area contributed by atoms with Crippen molar-refractivity contribution in [3.8, 4) is 0 Å². The lowest BCUT2D eigenvalue weighted by atomic mass is 10.1. The molecule has 0 radical (unpaired) electrons. The van der Waals surface area contributed by atoms with Gasteiger partial charge in [0.2, 0.25) is 0 Å². The number of nitrogens with zero attached hydrogens (tertiary/aromatic N) is 2. The standard InChI is InChI=1S/C25H28FN3O4S2/c1-28(2)23-12-9-20(27-35(31,32)22-10-7-19(26)8-11-22)15-18(23)16-29(17-21-5-3-13-33-21)25(30)24-6-4-14-34-24/h4,6-12,14-15,21,27H,3,5,13,16-17H2,1-2H3/t21-/m0/s1. The minimum atomic E-state index is -3.91. The van der Waals surface area contributed by atoms with E-state index in [1.54, 1.807) is 23.1 Å². The molecule has 10 heteroatoms. The molecule has 0 bridgehead atoms. The van der Waals surface area contributed by atoms with Crippen LogP contribution in [-0.2, 0) is 21.3 Å². The topological polar surface area (TPSA) is 79.0 Å². The maximum atomic E-state index is 13.3. The van der Waals surface area contributed by atoms with Crippen LogP contribution in [0.4, 0.5) is 15.8 Å². The number of halogens is 1. The zero-order valence-electron chi connectivity index (χ0n) is 19.6. The Morgan fingerprint density at radius 1 is 1.17 bits per heavy atom. The van der Waals surface area contributed by atoms with Crippen molar-refractivity contribution in [2.75, 3.05) is 36.9 Å². The number of carbonyl (C=O) groups is 1. The second-order valence-corrected chi connectivity index (χ2v) is 11.2. The number of rotatable bonds is 9. The summed E-state index contributed by atoms with van der Waals surface area (Å²) in [6, 6.07) is 13.5. The Balaban J connectivity index is 1.63. The van der Waals surface area contributed by atoms with E-state index in [0.717, 1.165) is 36.2 Å². The zero-order valence-corrected chi connectivity index (χ0v) is 21.2. The van der Waals surface area contributed by atoms with Gasteiger partial charge in [0, 0.05) is 45.2 Å². The van der Waals surface area contributed by atoms with Crippen LogP contribution in [0.25, 0.3) is 0 Å². The molecule has 0 aliphatic carbocycles. The van der Waals surface area contributed by atoms with Crippen molar-refractivity contribution >= 4 is 38.6 Å². The third-order valence-corrected chi connectivity index (χ3v) is 8.02. The van der Waals surface area contributed by atoms with E-state index in [1.165, 1.54) is 23.5 Å². The molecule has 1 aliphatic rings. The number of anilines is 2. The highest BCUT2D eigenvalue weighted by Crippen LogP contribution is 2.28. The Morgan fingerprint density at radius 3 is 2.57 bits per heavy atom. The predicted molar refractivity (Wildman–Crippen MR) is 136 cm³/mol. The fourth-order valence-electron chi connectivity index (χ4n) is 4.05. The summed E-state index contributed by atoms with van der Waals surface area (Å²) in [4.78, 5) is 17.6. The molecule has 0 saturated carbocycles. The molecule has 0 spiro atoms. The van der Waals surface area contributed by atoms with Crippen LogP contribution in [0.15, 0.2) is 64.9 Å². The van der Waals surface area contributed by atoms with Crippen LogP contribution >= 0.6 is 11.3 Å². The second kappa shape index (κ2) is 10.8. The average molecular weight is 518 g/mol.